The highest BCUT2D eigenvalue weighted by Crippen LogP contribution is 2.24. The molecule has 122 valence electrons. The van der Waals surface area contributed by atoms with Crippen molar-refractivity contribution in [1.29, 1.82) is 0 Å². The molecule has 2 N–H and O–H groups in total. The maximum Gasteiger partial charge on any atom is 0.323 e. The van der Waals surface area contributed by atoms with Gasteiger partial charge in [0.2, 0.25) is 0 Å². The molecule has 0 saturated heterocycles. The van der Waals surface area contributed by atoms with Gasteiger partial charge in [-0.25, -0.2) is 4.79 Å². The Morgan fingerprint density at radius 3 is 2.10 bits per heavy atom. The number of hydrogen-bond acceptors (Lipinski definition) is 2. The number of carbonyl (C=O) groups is 2. The predicted molar refractivity (Wildman–Crippen MR) is 83.2 cm³/mol. The Hall–Kier alpha value is -1.26. The predicted octanol–water partition coefficient (Wildman–Crippen LogP) is 2.95. The molecule has 21 heavy (non-hydrogen) atoms. The largest absolute Gasteiger partial charge is 0.480 e. The number of nitrogens with one attached hydrogen (secondary N) is 1. The van der Waals surface area contributed by atoms with Crippen LogP contribution >= 0.6 is 0 Å². The summed E-state index contributed by atoms with van der Waals surface area (Å²) in [4.78, 5) is 24.9. The second-order valence-electron chi connectivity index (χ2n) is 6.80. The van der Waals surface area contributed by atoms with Crippen molar-refractivity contribution in [1.82, 2.24) is 10.2 Å². The van der Waals surface area contributed by atoms with Crippen LogP contribution in [0.4, 0.5) is 4.79 Å². The molecule has 0 spiro atoms. The fraction of sp³-hybridized carbons (Fsp3) is 0.875. The Morgan fingerprint density at radius 2 is 1.67 bits per heavy atom. The van der Waals surface area contributed by atoms with E-state index < -0.39 is 5.97 Å². The number of nitrogens with zero attached hydrogens (tertiary/aromatic N) is 1. The molecule has 0 aromatic carbocycles. The smallest absolute Gasteiger partial charge is 0.323 e. The minimum atomic E-state index is -0.943. The van der Waals surface area contributed by atoms with Gasteiger partial charge in [0.1, 0.15) is 6.54 Å². The van der Waals surface area contributed by atoms with Gasteiger partial charge in [0.05, 0.1) is 0 Å². The summed E-state index contributed by atoms with van der Waals surface area (Å²) in [6.45, 7) is 9.03. The second-order valence-corrected chi connectivity index (χ2v) is 6.80. The summed E-state index contributed by atoms with van der Waals surface area (Å²) in [5.74, 6) is 0.444. The first-order chi connectivity index (χ1) is 9.82. The Bertz CT molecular complexity index is 341. The van der Waals surface area contributed by atoms with Gasteiger partial charge in [-0.2, -0.15) is 0 Å². The Kier molecular flexibility index (Phi) is 6.99. The van der Waals surface area contributed by atoms with E-state index in [2.05, 4.69) is 33.0 Å². The third-order valence-electron chi connectivity index (χ3n) is 4.53. The molecular weight excluding hydrogens is 268 g/mol. The fourth-order valence-electron chi connectivity index (χ4n) is 3.28. The lowest BCUT2D eigenvalue weighted by molar-refractivity contribution is -0.138. The molecule has 1 saturated carbocycles. The lowest BCUT2D eigenvalue weighted by atomic mass is 9.85. The molecule has 1 aliphatic carbocycles. The summed E-state index contributed by atoms with van der Waals surface area (Å²) in [5, 5.41) is 12.0. The van der Waals surface area contributed by atoms with Gasteiger partial charge in [0.25, 0.3) is 0 Å². The number of carboxylic acid groups (broad SMARTS) is 1. The van der Waals surface area contributed by atoms with Gasteiger partial charge in [0, 0.05) is 12.6 Å². The monoisotopic (exact) mass is 298 g/mol. The van der Waals surface area contributed by atoms with Crippen molar-refractivity contribution in [3.05, 3.63) is 0 Å². The molecule has 1 fully saturated rings. The molecule has 0 bridgehead atoms. The first-order valence-corrected chi connectivity index (χ1v) is 8.09. The Labute approximate surface area is 128 Å². The number of hydrogen-bond donors (Lipinski definition) is 2. The normalized spacial score (nSPS) is 16.0. The van der Waals surface area contributed by atoms with Gasteiger partial charge >= 0.3 is 12.0 Å². The van der Waals surface area contributed by atoms with Crippen LogP contribution < -0.4 is 5.32 Å². The number of urea groups is 1. The molecule has 0 aromatic heterocycles. The lowest BCUT2D eigenvalue weighted by Gasteiger charge is -2.30. The second kappa shape index (κ2) is 8.25. The van der Waals surface area contributed by atoms with Crippen LogP contribution in [-0.2, 0) is 4.79 Å². The van der Waals surface area contributed by atoms with Crippen molar-refractivity contribution < 1.29 is 14.7 Å². The number of carboxylic acids is 1. The van der Waals surface area contributed by atoms with Crippen LogP contribution in [0.3, 0.4) is 0 Å². The summed E-state index contributed by atoms with van der Waals surface area (Å²) < 4.78 is 0. The molecule has 0 unspecified atom stereocenters. The average Bonchev–Trinajstić information content (AvgIpc) is 2.88. The summed E-state index contributed by atoms with van der Waals surface area (Å²) in [6.07, 6.45) is 3.99. The van der Waals surface area contributed by atoms with E-state index in [1.165, 1.54) is 4.90 Å². The first kappa shape index (κ1) is 17.8. The van der Waals surface area contributed by atoms with E-state index in [0.717, 1.165) is 25.7 Å². The van der Waals surface area contributed by atoms with Gasteiger partial charge in [-0.1, -0.05) is 40.5 Å². The van der Waals surface area contributed by atoms with Crippen molar-refractivity contribution in [2.75, 3.05) is 13.1 Å². The van der Waals surface area contributed by atoms with Crippen molar-refractivity contribution in [2.45, 2.75) is 59.4 Å². The van der Waals surface area contributed by atoms with Crippen molar-refractivity contribution >= 4 is 12.0 Å². The molecule has 0 aromatic rings. The molecule has 5 nitrogen and oxygen atoms in total. The topological polar surface area (TPSA) is 69.6 Å². The summed E-state index contributed by atoms with van der Waals surface area (Å²) in [7, 11) is 0. The van der Waals surface area contributed by atoms with Gasteiger partial charge in [-0.3, -0.25) is 4.79 Å². The van der Waals surface area contributed by atoms with E-state index in [1.54, 1.807) is 0 Å². The van der Waals surface area contributed by atoms with Gasteiger partial charge < -0.3 is 15.3 Å². The Balaban J connectivity index is 2.61. The van der Waals surface area contributed by atoms with Crippen molar-refractivity contribution in [3.63, 3.8) is 0 Å². The van der Waals surface area contributed by atoms with Gasteiger partial charge in [0.15, 0.2) is 0 Å². The van der Waals surface area contributed by atoms with E-state index in [1.807, 2.05) is 0 Å². The molecule has 0 heterocycles. The zero-order valence-electron chi connectivity index (χ0n) is 13.8. The Morgan fingerprint density at radius 1 is 1.14 bits per heavy atom. The average molecular weight is 298 g/mol. The first-order valence-electron chi connectivity index (χ1n) is 8.09. The molecule has 1 rings (SSSR count). The van der Waals surface area contributed by atoms with Crippen LogP contribution in [0.15, 0.2) is 0 Å². The van der Waals surface area contributed by atoms with Crippen LogP contribution in [0.5, 0.6) is 0 Å². The third-order valence-corrected chi connectivity index (χ3v) is 4.53. The van der Waals surface area contributed by atoms with E-state index in [4.69, 9.17) is 5.11 Å². The molecule has 1 aliphatic rings. The van der Waals surface area contributed by atoms with Crippen molar-refractivity contribution in [3.8, 4) is 0 Å². The van der Waals surface area contributed by atoms with Crippen LogP contribution in [-0.4, -0.2) is 41.1 Å². The van der Waals surface area contributed by atoms with Crippen LogP contribution in [0.2, 0.25) is 0 Å². The molecule has 0 aliphatic heterocycles. The molecular formula is C16H30N2O3. The standard InChI is InChI=1S/C16H30N2O3/c1-11(2)14(12(3)4)9-17-16(21)18(10-15(19)20)13-7-5-6-8-13/h11-14H,5-10H2,1-4H3,(H,17,21)(H,19,20). The minimum absolute atomic E-state index is 0.0812. The van der Waals surface area contributed by atoms with Crippen molar-refractivity contribution in [2.24, 2.45) is 17.8 Å². The highest BCUT2D eigenvalue weighted by atomic mass is 16.4. The van der Waals surface area contributed by atoms with E-state index in [9.17, 15) is 9.59 Å². The van der Waals surface area contributed by atoms with Crippen LogP contribution in [0.25, 0.3) is 0 Å². The van der Waals surface area contributed by atoms with Gasteiger partial charge in [-0.05, 0) is 30.6 Å². The molecule has 2 amide bonds. The lowest BCUT2D eigenvalue weighted by Crippen LogP contribution is -2.49. The summed E-state index contributed by atoms with van der Waals surface area (Å²) in [6, 6.07) is -0.145. The highest BCUT2D eigenvalue weighted by Gasteiger charge is 2.29. The molecule has 5 heteroatoms. The summed E-state index contributed by atoms with van der Waals surface area (Å²) in [5.41, 5.74) is 0. The zero-order chi connectivity index (χ0) is 16.0. The molecule has 0 radical (unpaired) electrons. The van der Waals surface area contributed by atoms with E-state index >= 15 is 0 Å². The van der Waals surface area contributed by atoms with Crippen LogP contribution in [0.1, 0.15) is 53.4 Å². The minimum Gasteiger partial charge on any atom is -0.480 e. The van der Waals surface area contributed by atoms with Crippen LogP contribution in [0, 0.1) is 17.8 Å². The number of aliphatic carboxylic acids is 1. The van der Waals surface area contributed by atoms with E-state index in [0.29, 0.717) is 24.3 Å². The zero-order valence-corrected chi connectivity index (χ0v) is 13.8. The third kappa shape index (κ3) is 5.56. The number of carbonyl (C=O) groups excluding carboxylic acids is 1. The maximum absolute atomic E-state index is 12.4. The highest BCUT2D eigenvalue weighted by molar-refractivity contribution is 5.80. The van der Waals surface area contributed by atoms with Gasteiger partial charge in [-0.15, -0.1) is 0 Å². The van der Waals surface area contributed by atoms with E-state index in [-0.39, 0.29) is 18.6 Å². The fourth-order valence-corrected chi connectivity index (χ4v) is 3.28. The number of rotatable bonds is 7. The summed E-state index contributed by atoms with van der Waals surface area (Å²) >= 11 is 0. The quantitative estimate of drug-likeness (QED) is 0.759. The maximum atomic E-state index is 12.4. The molecule has 0 atom stereocenters. The SMILES string of the molecule is CC(C)C(CNC(=O)N(CC(=O)O)C1CCCC1)C(C)C. The number of amides is 2.